The Balaban J connectivity index is 1.99. The molecule has 37 heavy (non-hydrogen) atoms. The quantitative estimate of drug-likeness (QED) is 0.378. The van der Waals surface area contributed by atoms with E-state index in [-0.39, 0.29) is 17.3 Å². The van der Waals surface area contributed by atoms with Crippen LogP contribution in [0.15, 0.2) is 83.8 Å². The third-order valence-electron chi connectivity index (χ3n) is 5.91. The summed E-state index contributed by atoms with van der Waals surface area (Å²) in [5.74, 6) is -0.805. The smallest absolute Gasteiger partial charge is 0.264 e. The fourth-order valence-corrected chi connectivity index (χ4v) is 5.29. The summed E-state index contributed by atoms with van der Waals surface area (Å²) in [5.41, 5.74) is 2.19. The second kappa shape index (κ2) is 12.7. The van der Waals surface area contributed by atoms with Crippen LogP contribution < -0.4 is 9.62 Å². The molecule has 7 nitrogen and oxygen atoms in total. The minimum atomic E-state index is -4.09. The molecule has 2 amide bonds. The fourth-order valence-electron chi connectivity index (χ4n) is 3.72. The highest BCUT2D eigenvalue weighted by Crippen LogP contribution is 2.26. The lowest BCUT2D eigenvalue weighted by Gasteiger charge is -2.32. The zero-order valence-electron chi connectivity index (χ0n) is 21.2. The van der Waals surface area contributed by atoms with Crippen molar-refractivity contribution < 1.29 is 18.0 Å². The number of nitrogens with zero attached hydrogens (tertiary/aromatic N) is 2. The summed E-state index contributed by atoms with van der Waals surface area (Å²) in [6.45, 7) is 5.70. The maximum absolute atomic E-state index is 13.8. The monoisotopic (exact) mass is 541 g/mol. The van der Waals surface area contributed by atoms with Gasteiger partial charge >= 0.3 is 0 Å². The van der Waals surface area contributed by atoms with E-state index < -0.39 is 28.5 Å². The molecular formula is C28H32ClN3O4S. The average Bonchev–Trinajstić information content (AvgIpc) is 2.90. The van der Waals surface area contributed by atoms with E-state index >= 15 is 0 Å². The minimum Gasteiger partial charge on any atom is -0.354 e. The Morgan fingerprint density at radius 2 is 1.57 bits per heavy atom. The number of benzene rings is 3. The van der Waals surface area contributed by atoms with E-state index in [1.807, 2.05) is 38.1 Å². The topological polar surface area (TPSA) is 86.8 Å². The summed E-state index contributed by atoms with van der Waals surface area (Å²) >= 11 is 6.04. The van der Waals surface area contributed by atoms with Gasteiger partial charge in [-0.25, -0.2) is 8.42 Å². The molecule has 1 N–H and O–H groups in total. The van der Waals surface area contributed by atoms with Crippen LogP contribution in [0.5, 0.6) is 0 Å². The highest BCUT2D eigenvalue weighted by molar-refractivity contribution is 7.92. The first kappa shape index (κ1) is 28.2. The van der Waals surface area contributed by atoms with Gasteiger partial charge in [0.05, 0.1) is 10.6 Å². The summed E-state index contributed by atoms with van der Waals surface area (Å²) in [4.78, 5) is 28.1. The summed E-state index contributed by atoms with van der Waals surface area (Å²) < 4.78 is 28.4. The van der Waals surface area contributed by atoms with E-state index in [2.05, 4.69) is 5.32 Å². The molecule has 0 heterocycles. The Hall–Kier alpha value is -3.36. The van der Waals surface area contributed by atoms with Crippen LogP contribution in [0.2, 0.25) is 5.02 Å². The summed E-state index contributed by atoms with van der Waals surface area (Å²) in [6, 6.07) is 21.0. The van der Waals surface area contributed by atoms with Crippen molar-refractivity contribution in [2.75, 3.05) is 17.4 Å². The Morgan fingerprint density at radius 1 is 0.946 bits per heavy atom. The van der Waals surface area contributed by atoms with Crippen LogP contribution in [0, 0.1) is 6.92 Å². The van der Waals surface area contributed by atoms with Gasteiger partial charge in [0, 0.05) is 18.1 Å². The molecule has 0 aliphatic rings. The molecule has 0 saturated carbocycles. The molecule has 3 aromatic rings. The Kier molecular flexibility index (Phi) is 9.72. The molecule has 0 radical (unpaired) electrons. The van der Waals surface area contributed by atoms with E-state index in [4.69, 9.17) is 11.6 Å². The number of hydrogen-bond acceptors (Lipinski definition) is 4. The number of carbonyl (C=O) groups excluding carboxylic acids is 2. The summed E-state index contributed by atoms with van der Waals surface area (Å²) in [7, 11) is -4.09. The molecule has 0 bridgehead atoms. The maximum Gasteiger partial charge on any atom is 0.264 e. The predicted molar refractivity (Wildman–Crippen MR) is 147 cm³/mol. The van der Waals surface area contributed by atoms with E-state index in [9.17, 15) is 18.0 Å². The summed E-state index contributed by atoms with van der Waals surface area (Å²) in [6.07, 6.45) is 0.754. The highest BCUT2D eigenvalue weighted by Gasteiger charge is 2.32. The first-order chi connectivity index (χ1) is 17.6. The van der Waals surface area contributed by atoms with E-state index in [1.165, 1.54) is 17.0 Å². The Bertz CT molecular complexity index is 1300. The van der Waals surface area contributed by atoms with Gasteiger partial charge in [-0.05, 0) is 62.2 Å². The van der Waals surface area contributed by atoms with Crippen LogP contribution >= 0.6 is 11.6 Å². The molecule has 3 rings (SSSR count). The van der Waals surface area contributed by atoms with Gasteiger partial charge in [-0.2, -0.15) is 0 Å². The van der Waals surface area contributed by atoms with Crippen molar-refractivity contribution in [2.24, 2.45) is 0 Å². The number of halogens is 1. The SMILES string of the molecule is CCCNC(=O)[C@H](C)N(Cc1ccc(C)cc1)C(=O)CN(c1ccc(Cl)cc1)S(=O)(=O)c1ccccc1. The van der Waals surface area contributed by atoms with Gasteiger partial charge in [0.15, 0.2) is 0 Å². The van der Waals surface area contributed by atoms with E-state index in [1.54, 1.807) is 49.4 Å². The largest absolute Gasteiger partial charge is 0.354 e. The van der Waals surface area contributed by atoms with E-state index in [0.717, 1.165) is 21.9 Å². The standard InChI is InChI=1S/C28H32ClN3O4S/c1-4-18-30-28(34)22(3)31(19-23-12-10-21(2)11-13-23)27(33)20-32(25-16-14-24(29)15-17-25)37(35,36)26-8-6-5-7-9-26/h5-17,22H,4,18-20H2,1-3H3,(H,30,34)/t22-/m0/s1. The molecular weight excluding hydrogens is 510 g/mol. The lowest BCUT2D eigenvalue weighted by atomic mass is 10.1. The number of anilines is 1. The molecule has 9 heteroatoms. The first-order valence-electron chi connectivity index (χ1n) is 12.1. The molecule has 0 aliphatic heterocycles. The zero-order valence-corrected chi connectivity index (χ0v) is 22.8. The maximum atomic E-state index is 13.8. The third-order valence-corrected chi connectivity index (χ3v) is 7.95. The van der Waals surface area contributed by atoms with Crippen molar-refractivity contribution in [3.05, 3.63) is 95.0 Å². The number of hydrogen-bond donors (Lipinski definition) is 1. The van der Waals surface area contributed by atoms with Crippen LogP contribution in [-0.2, 0) is 26.2 Å². The molecule has 0 fully saturated rings. The van der Waals surface area contributed by atoms with Gasteiger partial charge in [-0.3, -0.25) is 13.9 Å². The third kappa shape index (κ3) is 7.33. The second-order valence-electron chi connectivity index (χ2n) is 8.78. The van der Waals surface area contributed by atoms with Gasteiger partial charge in [0.25, 0.3) is 10.0 Å². The number of nitrogens with one attached hydrogen (secondary N) is 1. The van der Waals surface area contributed by atoms with Gasteiger partial charge in [-0.15, -0.1) is 0 Å². The molecule has 0 aliphatic carbocycles. The molecule has 196 valence electrons. The van der Waals surface area contributed by atoms with Crippen LogP contribution in [0.1, 0.15) is 31.4 Å². The number of carbonyl (C=O) groups is 2. The minimum absolute atomic E-state index is 0.0524. The molecule has 0 saturated heterocycles. The van der Waals surface area contributed by atoms with Crippen LogP contribution in [0.4, 0.5) is 5.69 Å². The van der Waals surface area contributed by atoms with Crippen LogP contribution in [0.25, 0.3) is 0 Å². The lowest BCUT2D eigenvalue weighted by molar-refractivity contribution is -0.139. The number of rotatable bonds is 11. The average molecular weight is 542 g/mol. The fraction of sp³-hybridized carbons (Fsp3) is 0.286. The predicted octanol–water partition coefficient (Wildman–Crippen LogP) is 4.79. The number of sulfonamides is 1. The normalized spacial score (nSPS) is 12.0. The van der Waals surface area contributed by atoms with Crippen molar-refractivity contribution in [1.82, 2.24) is 10.2 Å². The number of aryl methyl sites for hydroxylation is 1. The highest BCUT2D eigenvalue weighted by atomic mass is 35.5. The zero-order chi connectivity index (χ0) is 27.0. The van der Waals surface area contributed by atoms with Crippen LogP contribution in [-0.4, -0.2) is 44.3 Å². The second-order valence-corrected chi connectivity index (χ2v) is 11.1. The molecule has 0 spiro atoms. The molecule has 3 aromatic carbocycles. The molecule has 1 atom stereocenters. The lowest BCUT2D eigenvalue weighted by Crippen LogP contribution is -2.51. The Morgan fingerprint density at radius 3 is 2.16 bits per heavy atom. The first-order valence-corrected chi connectivity index (χ1v) is 13.9. The molecule has 0 unspecified atom stereocenters. The van der Waals surface area contributed by atoms with Crippen molar-refractivity contribution in [2.45, 2.75) is 44.7 Å². The van der Waals surface area contributed by atoms with E-state index in [0.29, 0.717) is 17.3 Å². The summed E-state index contributed by atoms with van der Waals surface area (Å²) in [5, 5.41) is 3.27. The van der Waals surface area contributed by atoms with Crippen molar-refractivity contribution in [3.63, 3.8) is 0 Å². The molecule has 0 aromatic heterocycles. The van der Waals surface area contributed by atoms with Crippen LogP contribution in [0.3, 0.4) is 0 Å². The van der Waals surface area contributed by atoms with Gasteiger partial charge in [0.2, 0.25) is 11.8 Å². The Labute approximate surface area is 224 Å². The van der Waals surface area contributed by atoms with Crippen molar-refractivity contribution in [3.8, 4) is 0 Å². The van der Waals surface area contributed by atoms with Gasteiger partial charge in [-0.1, -0.05) is 66.6 Å². The number of amides is 2. The van der Waals surface area contributed by atoms with Crippen molar-refractivity contribution in [1.29, 1.82) is 0 Å². The van der Waals surface area contributed by atoms with Crippen molar-refractivity contribution >= 4 is 39.1 Å². The van der Waals surface area contributed by atoms with Gasteiger partial charge in [0.1, 0.15) is 12.6 Å². The van der Waals surface area contributed by atoms with Gasteiger partial charge < -0.3 is 10.2 Å².